The Morgan fingerprint density at radius 2 is 1.65 bits per heavy atom. The van der Waals surface area contributed by atoms with Gasteiger partial charge < -0.3 is 9.15 Å². The molecular formula is C28H23Cl2N3O6S. The molecule has 1 aromatic heterocycles. The molecule has 0 aliphatic carbocycles. The summed E-state index contributed by atoms with van der Waals surface area (Å²) < 4.78 is 38.4. The van der Waals surface area contributed by atoms with Crippen LogP contribution in [0.1, 0.15) is 23.0 Å². The first-order chi connectivity index (χ1) is 19.2. The number of hydrazone groups is 1. The molecule has 0 bridgehead atoms. The average molecular weight is 600 g/mol. The number of sulfonamides is 1. The van der Waals surface area contributed by atoms with Crippen LogP contribution in [0, 0.1) is 0 Å². The summed E-state index contributed by atoms with van der Waals surface area (Å²) in [6.45, 7) is 1.42. The minimum absolute atomic E-state index is 0.0131. The van der Waals surface area contributed by atoms with Crippen LogP contribution in [0.3, 0.4) is 0 Å². The molecule has 0 saturated carbocycles. The third-order valence-corrected chi connectivity index (χ3v) is 7.67. The van der Waals surface area contributed by atoms with Gasteiger partial charge in [-0.05, 0) is 61.5 Å². The Balaban J connectivity index is 1.47. The molecule has 0 fully saturated rings. The minimum Gasteiger partial charge on any atom is -0.462 e. The highest BCUT2D eigenvalue weighted by atomic mass is 35.5. The number of amides is 1. The Morgan fingerprint density at radius 3 is 2.30 bits per heavy atom. The van der Waals surface area contributed by atoms with Gasteiger partial charge in [0.05, 0.1) is 29.0 Å². The van der Waals surface area contributed by atoms with Crippen molar-refractivity contribution in [3.8, 4) is 11.3 Å². The molecule has 206 valence electrons. The number of rotatable bonds is 10. The highest BCUT2D eigenvalue weighted by Crippen LogP contribution is 2.29. The van der Waals surface area contributed by atoms with Crippen molar-refractivity contribution >= 4 is 57.0 Å². The van der Waals surface area contributed by atoms with Gasteiger partial charge >= 0.3 is 5.97 Å². The van der Waals surface area contributed by atoms with E-state index in [9.17, 15) is 18.0 Å². The van der Waals surface area contributed by atoms with Gasteiger partial charge in [-0.3, -0.25) is 9.10 Å². The van der Waals surface area contributed by atoms with Crippen LogP contribution < -0.4 is 9.73 Å². The van der Waals surface area contributed by atoms with Crippen LogP contribution in [0.2, 0.25) is 10.0 Å². The molecular weight excluding hydrogens is 577 g/mol. The minimum atomic E-state index is -4.14. The van der Waals surface area contributed by atoms with Crippen molar-refractivity contribution in [2.45, 2.75) is 11.8 Å². The summed E-state index contributed by atoms with van der Waals surface area (Å²) in [5.41, 5.74) is 3.57. The van der Waals surface area contributed by atoms with Crippen molar-refractivity contribution in [3.05, 3.63) is 106 Å². The molecule has 0 radical (unpaired) electrons. The van der Waals surface area contributed by atoms with E-state index >= 15 is 0 Å². The number of esters is 1. The molecule has 0 aliphatic rings. The second-order valence-electron chi connectivity index (χ2n) is 8.25. The molecule has 12 heteroatoms. The third-order valence-electron chi connectivity index (χ3n) is 5.44. The summed E-state index contributed by atoms with van der Waals surface area (Å²) >= 11 is 12.2. The number of hydrogen-bond acceptors (Lipinski definition) is 7. The molecule has 0 aliphatic heterocycles. The van der Waals surface area contributed by atoms with Crippen LogP contribution in [0.5, 0.6) is 0 Å². The van der Waals surface area contributed by atoms with Crippen LogP contribution in [0.25, 0.3) is 11.3 Å². The molecule has 1 heterocycles. The number of nitrogens with zero attached hydrogens (tertiary/aromatic N) is 2. The van der Waals surface area contributed by atoms with Gasteiger partial charge in [0.25, 0.3) is 15.9 Å². The summed E-state index contributed by atoms with van der Waals surface area (Å²) in [6, 6.07) is 22.0. The number of ether oxygens (including phenoxy) is 1. The van der Waals surface area contributed by atoms with Crippen molar-refractivity contribution in [2.75, 3.05) is 17.5 Å². The zero-order valence-corrected chi connectivity index (χ0v) is 23.4. The van der Waals surface area contributed by atoms with Crippen LogP contribution in [0.4, 0.5) is 5.69 Å². The van der Waals surface area contributed by atoms with E-state index < -0.39 is 28.4 Å². The summed E-state index contributed by atoms with van der Waals surface area (Å²) in [7, 11) is -4.14. The molecule has 4 aromatic rings. The topological polar surface area (TPSA) is 118 Å². The van der Waals surface area contributed by atoms with Gasteiger partial charge in [0.1, 0.15) is 18.1 Å². The number of hydrogen-bond donors (Lipinski definition) is 1. The molecule has 9 nitrogen and oxygen atoms in total. The first-order valence-electron chi connectivity index (χ1n) is 11.9. The van der Waals surface area contributed by atoms with Crippen LogP contribution in [-0.2, 0) is 19.6 Å². The van der Waals surface area contributed by atoms with Gasteiger partial charge in [-0.15, -0.1) is 0 Å². The van der Waals surface area contributed by atoms with Gasteiger partial charge in [-0.1, -0.05) is 53.5 Å². The second kappa shape index (κ2) is 12.8. The predicted octanol–water partition coefficient (Wildman–Crippen LogP) is 5.78. The zero-order valence-electron chi connectivity index (χ0n) is 21.1. The fraction of sp³-hybridized carbons (Fsp3) is 0.107. The van der Waals surface area contributed by atoms with Crippen LogP contribution >= 0.6 is 23.2 Å². The Hall–Kier alpha value is -4.12. The molecule has 0 atom stereocenters. The SMILES string of the molecule is CCOC(=O)c1ccc(-c2ccc(/C=N\NC(=O)CN(c3cc(Cl)cc(Cl)c3)S(=O)(=O)c3ccccc3)o2)cc1. The normalized spacial score (nSPS) is 11.4. The van der Waals surface area contributed by atoms with Crippen molar-refractivity contribution in [3.63, 3.8) is 0 Å². The number of carbonyl (C=O) groups excluding carboxylic acids is 2. The van der Waals surface area contributed by atoms with E-state index in [-0.39, 0.29) is 27.2 Å². The van der Waals surface area contributed by atoms with E-state index in [2.05, 4.69) is 10.5 Å². The molecule has 40 heavy (non-hydrogen) atoms. The lowest BCUT2D eigenvalue weighted by Gasteiger charge is -2.24. The molecule has 1 N–H and O–H groups in total. The molecule has 3 aromatic carbocycles. The first kappa shape index (κ1) is 28.9. The lowest BCUT2D eigenvalue weighted by molar-refractivity contribution is -0.119. The largest absolute Gasteiger partial charge is 0.462 e. The summed E-state index contributed by atoms with van der Waals surface area (Å²) in [5.74, 6) is -0.278. The molecule has 0 unspecified atom stereocenters. The maximum atomic E-state index is 13.4. The third kappa shape index (κ3) is 7.09. The zero-order chi connectivity index (χ0) is 28.7. The van der Waals surface area contributed by atoms with Crippen LogP contribution in [-0.4, -0.2) is 39.7 Å². The number of anilines is 1. The van der Waals surface area contributed by atoms with E-state index in [0.29, 0.717) is 17.1 Å². The molecule has 0 spiro atoms. The average Bonchev–Trinajstić information content (AvgIpc) is 3.41. The number of nitrogens with one attached hydrogen (secondary N) is 1. The standard InChI is InChI=1S/C28H23Cl2N3O6S/c1-2-38-28(35)20-10-8-19(9-11-20)26-13-12-24(39-26)17-31-32-27(34)18-33(23-15-21(29)14-22(30)16-23)40(36,37)25-6-4-3-5-7-25/h3-17H,2,18H2,1H3,(H,32,34)/b31-17-. The van der Waals surface area contributed by atoms with Crippen molar-refractivity contribution < 1.29 is 27.2 Å². The number of carbonyl (C=O) groups is 2. The van der Waals surface area contributed by atoms with E-state index in [1.165, 1.54) is 36.5 Å². The molecule has 4 rings (SSSR count). The number of benzene rings is 3. The second-order valence-corrected chi connectivity index (χ2v) is 11.0. The molecule has 1 amide bonds. The van der Waals surface area contributed by atoms with Crippen molar-refractivity contribution in [1.82, 2.24) is 5.43 Å². The lowest BCUT2D eigenvalue weighted by Crippen LogP contribution is -2.39. The Labute approximate surface area is 241 Å². The van der Waals surface area contributed by atoms with Crippen molar-refractivity contribution in [2.24, 2.45) is 5.10 Å². The van der Waals surface area contributed by atoms with Gasteiger partial charge in [0.15, 0.2) is 0 Å². The highest BCUT2D eigenvalue weighted by molar-refractivity contribution is 7.92. The highest BCUT2D eigenvalue weighted by Gasteiger charge is 2.27. The maximum Gasteiger partial charge on any atom is 0.338 e. The van der Waals surface area contributed by atoms with Gasteiger partial charge in [-0.2, -0.15) is 5.10 Å². The molecule has 0 saturated heterocycles. The summed E-state index contributed by atoms with van der Waals surface area (Å²) in [5, 5.41) is 4.30. The number of halogens is 2. The smallest absolute Gasteiger partial charge is 0.338 e. The Kier molecular flexibility index (Phi) is 9.26. The monoisotopic (exact) mass is 599 g/mol. The van der Waals surface area contributed by atoms with E-state index in [1.807, 2.05) is 0 Å². The quantitative estimate of drug-likeness (QED) is 0.140. The maximum absolute atomic E-state index is 13.4. The Morgan fingerprint density at radius 1 is 0.975 bits per heavy atom. The van der Waals surface area contributed by atoms with Crippen LogP contribution in [0.15, 0.2) is 99.3 Å². The van der Waals surface area contributed by atoms with Gasteiger partial charge in [0.2, 0.25) is 0 Å². The van der Waals surface area contributed by atoms with E-state index in [1.54, 1.807) is 61.5 Å². The fourth-order valence-electron chi connectivity index (χ4n) is 3.61. The van der Waals surface area contributed by atoms with Gasteiger partial charge in [0, 0.05) is 15.6 Å². The predicted molar refractivity (Wildman–Crippen MR) is 153 cm³/mol. The summed E-state index contributed by atoms with van der Waals surface area (Å²) in [6.07, 6.45) is 1.28. The lowest BCUT2D eigenvalue weighted by atomic mass is 10.1. The van der Waals surface area contributed by atoms with E-state index in [0.717, 1.165) is 9.87 Å². The van der Waals surface area contributed by atoms with E-state index in [4.69, 9.17) is 32.4 Å². The number of furan rings is 1. The first-order valence-corrected chi connectivity index (χ1v) is 14.1. The Bertz CT molecular complexity index is 1620. The fourth-order valence-corrected chi connectivity index (χ4v) is 5.55. The van der Waals surface area contributed by atoms with Gasteiger partial charge in [-0.25, -0.2) is 18.6 Å². The summed E-state index contributed by atoms with van der Waals surface area (Å²) in [4.78, 5) is 24.6. The van der Waals surface area contributed by atoms with Crippen molar-refractivity contribution in [1.29, 1.82) is 0 Å².